The summed E-state index contributed by atoms with van der Waals surface area (Å²) in [6, 6.07) is 12.7. The second-order valence-corrected chi connectivity index (χ2v) is 7.08. The normalized spacial score (nSPS) is 15.8. The average molecular weight is 394 g/mol. The highest BCUT2D eigenvalue weighted by Gasteiger charge is 2.24. The molecule has 3 aromatic rings. The largest absolute Gasteiger partial charge is 0.478 e. The molecular formula is C21H22N4O4. The predicted molar refractivity (Wildman–Crippen MR) is 108 cm³/mol. The second-order valence-electron chi connectivity index (χ2n) is 7.08. The molecule has 1 aliphatic rings. The van der Waals surface area contributed by atoms with E-state index >= 15 is 0 Å². The smallest absolute Gasteiger partial charge is 0.335 e. The number of carboxylic acids is 1. The summed E-state index contributed by atoms with van der Waals surface area (Å²) in [4.78, 5) is 26.9. The van der Waals surface area contributed by atoms with Crippen LogP contribution in [0, 0.1) is 0 Å². The summed E-state index contributed by atoms with van der Waals surface area (Å²) in [6.07, 6.45) is 0. The average Bonchev–Trinajstić information content (AvgIpc) is 3.06. The van der Waals surface area contributed by atoms with Crippen molar-refractivity contribution in [3.05, 3.63) is 59.4 Å². The van der Waals surface area contributed by atoms with Gasteiger partial charge in [0.2, 0.25) is 5.91 Å². The Bertz CT molecular complexity index is 1060. The van der Waals surface area contributed by atoms with Crippen molar-refractivity contribution in [1.29, 1.82) is 0 Å². The van der Waals surface area contributed by atoms with Gasteiger partial charge in [0.25, 0.3) is 0 Å². The van der Waals surface area contributed by atoms with Crippen LogP contribution in [-0.2, 0) is 22.7 Å². The fourth-order valence-electron chi connectivity index (χ4n) is 3.60. The molecule has 29 heavy (non-hydrogen) atoms. The van der Waals surface area contributed by atoms with Crippen LogP contribution >= 0.6 is 0 Å². The molecule has 8 heteroatoms. The monoisotopic (exact) mass is 394 g/mol. The Morgan fingerprint density at radius 3 is 2.76 bits per heavy atom. The molecule has 150 valence electrons. The lowest BCUT2D eigenvalue weighted by Crippen LogP contribution is -2.32. The van der Waals surface area contributed by atoms with E-state index in [1.54, 1.807) is 12.1 Å². The van der Waals surface area contributed by atoms with Crippen LogP contribution in [0.1, 0.15) is 34.7 Å². The van der Waals surface area contributed by atoms with Crippen LogP contribution in [0.5, 0.6) is 0 Å². The lowest BCUT2D eigenvalue weighted by atomic mass is 10.1. The molecule has 3 N–H and O–H groups in total. The molecule has 0 aliphatic carbocycles. The van der Waals surface area contributed by atoms with E-state index in [9.17, 15) is 9.59 Å². The van der Waals surface area contributed by atoms with Gasteiger partial charge in [-0.15, -0.1) is 0 Å². The maximum Gasteiger partial charge on any atom is 0.335 e. The third-order valence-corrected chi connectivity index (χ3v) is 4.90. The van der Waals surface area contributed by atoms with Crippen LogP contribution in [0.4, 0.5) is 5.69 Å². The van der Waals surface area contributed by atoms with Gasteiger partial charge in [-0.1, -0.05) is 12.1 Å². The number of carbonyl (C=O) groups excluding carboxylic acids is 1. The number of amides is 1. The Morgan fingerprint density at radius 2 is 2.03 bits per heavy atom. The van der Waals surface area contributed by atoms with Gasteiger partial charge in [0, 0.05) is 25.7 Å². The Hall–Kier alpha value is -3.23. The minimum atomic E-state index is -0.926. The van der Waals surface area contributed by atoms with Gasteiger partial charge in [0.1, 0.15) is 12.4 Å². The molecule has 2 heterocycles. The van der Waals surface area contributed by atoms with Gasteiger partial charge in [-0.25, -0.2) is 9.78 Å². The van der Waals surface area contributed by atoms with Crippen LogP contribution in [-0.4, -0.2) is 39.7 Å². The summed E-state index contributed by atoms with van der Waals surface area (Å²) < 4.78 is 7.91. The van der Waals surface area contributed by atoms with E-state index in [1.807, 2.05) is 30.3 Å². The van der Waals surface area contributed by atoms with Crippen molar-refractivity contribution in [1.82, 2.24) is 14.9 Å². The van der Waals surface area contributed by atoms with E-state index < -0.39 is 5.97 Å². The maximum atomic E-state index is 11.3. The molecule has 1 unspecified atom stereocenters. The molecule has 8 nitrogen and oxygen atoms in total. The summed E-state index contributed by atoms with van der Waals surface area (Å²) in [5, 5.41) is 15.2. The standard InChI is InChI=1S/C21H22N4O4/c1-13(26)23-16-6-7-19-18(8-16)24-20-12-29-11-17(25(19)20)10-22-9-14-2-4-15(5-3-14)21(27)28/h2-8,17,22H,9-12H2,1H3,(H,23,26)(H,27,28). The number of benzene rings is 2. The van der Waals surface area contributed by atoms with Crippen LogP contribution in [0.3, 0.4) is 0 Å². The lowest BCUT2D eigenvalue weighted by molar-refractivity contribution is -0.114. The van der Waals surface area contributed by atoms with Crippen molar-refractivity contribution < 1.29 is 19.4 Å². The minimum absolute atomic E-state index is 0.0914. The summed E-state index contributed by atoms with van der Waals surface area (Å²) >= 11 is 0. The molecular weight excluding hydrogens is 372 g/mol. The van der Waals surface area contributed by atoms with E-state index in [4.69, 9.17) is 9.84 Å². The van der Waals surface area contributed by atoms with Gasteiger partial charge in [-0.2, -0.15) is 0 Å². The number of fused-ring (bicyclic) bond motifs is 3. The van der Waals surface area contributed by atoms with E-state index in [2.05, 4.69) is 20.2 Å². The number of nitrogens with zero attached hydrogens (tertiary/aromatic N) is 2. The van der Waals surface area contributed by atoms with Gasteiger partial charge in [-0.05, 0) is 35.9 Å². The lowest BCUT2D eigenvalue weighted by Gasteiger charge is -2.26. The topological polar surface area (TPSA) is 105 Å². The minimum Gasteiger partial charge on any atom is -0.478 e. The number of carboxylic acid groups (broad SMARTS) is 1. The molecule has 2 aromatic carbocycles. The van der Waals surface area contributed by atoms with Crippen LogP contribution in [0.15, 0.2) is 42.5 Å². The molecule has 1 atom stereocenters. The SMILES string of the molecule is CC(=O)Nc1ccc2c(c1)nc1n2C(CNCc2ccc(C(=O)O)cc2)COC1. The third-order valence-electron chi connectivity index (χ3n) is 4.90. The number of ether oxygens (including phenoxy) is 1. The fraction of sp³-hybridized carbons (Fsp3) is 0.286. The Labute approximate surface area is 167 Å². The molecule has 1 aliphatic heterocycles. The first-order valence-electron chi connectivity index (χ1n) is 9.40. The van der Waals surface area contributed by atoms with E-state index in [1.165, 1.54) is 6.92 Å². The fourth-order valence-corrected chi connectivity index (χ4v) is 3.60. The summed E-state index contributed by atoms with van der Waals surface area (Å²) in [5.41, 5.74) is 3.85. The van der Waals surface area contributed by atoms with Crippen molar-refractivity contribution >= 4 is 28.6 Å². The van der Waals surface area contributed by atoms with Crippen LogP contribution in [0.2, 0.25) is 0 Å². The number of imidazole rings is 1. The van der Waals surface area contributed by atoms with Crippen LogP contribution in [0.25, 0.3) is 11.0 Å². The number of hydrogen-bond donors (Lipinski definition) is 3. The molecule has 0 saturated heterocycles. The van der Waals surface area contributed by atoms with E-state index in [0.29, 0.717) is 26.3 Å². The van der Waals surface area contributed by atoms with Crippen molar-refractivity contribution in [2.75, 3.05) is 18.5 Å². The Kier molecular flexibility index (Phi) is 5.28. The third kappa shape index (κ3) is 4.13. The number of nitrogens with one attached hydrogen (secondary N) is 2. The van der Waals surface area contributed by atoms with Crippen molar-refractivity contribution in [3.8, 4) is 0 Å². The number of carbonyl (C=O) groups is 2. The highest BCUT2D eigenvalue weighted by Crippen LogP contribution is 2.27. The predicted octanol–water partition coefficient (Wildman–Crippen LogP) is 2.55. The number of aromatic nitrogens is 2. The zero-order valence-corrected chi connectivity index (χ0v) is 16.0. The first-order valence-corrected chi connectivity index (χ1v) is 9.40. The quantitative estimate of drug-likeness (QED) is 0.593. The van der Waals surface area contributed by atoms with Crippen molar-refractivity contribution in [2.24, 2.45) is 0 Å². The summed E-state index contributed by atoms with van der Waals surface area (Å²) in [7, 11) is 0. The molecule has 1 aromatic heterocycles. The van der Waals surface area contributed by atoms with E-state index in [-0.39, 0.29) is 17.5 Å². The highest BCUT2D eigenvalue weighted by atomic mass is 16.5. The van der Waals surface area contributed by atoms with Gasteiger partial charge in [0.05, 0.1) is 29.2 Å². The number of rotatable bonds is 6. The molecule has 0 radical (unpaired) electrons. The van der Waals surface area contributed by atoms with Crippen LogP contribution < -0.4 is 10.6 Å². The Morgan fingerprint density at radius 1 is 1.24 bits per heavy atom. The van der Waals surface area contributed by atoms with Gasteiger partial charge in [0.15, 0.2) is 0 Å². The van der Waals surface area contributed by atoms with Gasteiger partial charge >= 0.3 is 5.97 Å². The summed E-state index contributed by atoms with van der Waals surface area (Å²) in [6.45, 7) is 3.83. The molecule has 0 saturated carbocycles. The van der Waals surface area contributed by atoms with Gasteiger partial charge < -0.3 is 25.0 Å². The molecule has 0 bridgehead atoms. The number of anilines is 1. The highest BCUT2D eigenvalue weighted by molar-refractivity contribution is 5.91. The first-order chi connectivity index (χ1) is 14.0. The Balaban J connectivity index is 1.47. The van der Waals surface area contributed by atoms with E-state index in [0.717, 1.165) is 28.1 Å². The second kappa shape index (κ2) is 8.02. The zero-order chi connectivity index (χ0) is 20.4. The number of hydrogen-bond acceptors (Lipinski definition) is 5. The molecule has 0 spiro atoms. The van der Waals surface area contributed by atoms with Gasteiger partial charge in [-0.3, -0.25) is 4.79 Å². The van der Waals surface area contributed by atoms with Crippen molar-refractivity contribution in [3.63, 3.8) is 0 Å². The molecule has 1 amide bonds. The zero-order valence-electron chi connectivity index (χ0n) is 16.0. The van der Waals surface area contributed by atoms with Crippen molar-refractivity contribution in [2.45, 2.75) is 26.1 Å². The maximum absolute atomic E-state index is 11.3. The number of aromatic carboxylic acids is 1. The summed E-state index contributed by atoms with van der Waals surface area (Å²) in [5.74, 6) is -0.177. The first kappa shape index (κ1) is 19.1. The molecule has 4 rings (SSSR count). The molecule has 0 fully saturated rings.